The Balaban J connectivity index is 1.18. The number of fused-ring (bicyclic) bond motifs is 2. The molecule has 1 aromatic carbocycles. The van der Waals surface area contributed by atoms with Crippen molar-refractivity contribution in [2.24, 2.45) is 7.05 Å². The van der Waals surface area contributed by atoms with Gasteiger partial charge in [0.15, 0.2) is 0 Å². The molecule has 5 heterocycles. The minimum atomic E-state index is -1.04. The Kier molecular flexibility index (Phi) is 5.95. The van der Waals surface area contributed by atoms with Crippen LogP contribution in [0.2, 0.25) is 0 Å². The molecule has 9 heteroatoms. The number of aryl methyl sites for hydroxylation is 2. The molecule has 2 fully saturated rings. The number of amides is 1. The molecule has 0 saturated carbocycles. The van der Waals surface area contributed by atoms with Crippen LogP contribution in [0.5, 0.6) is 5.75 Å². The number of benzene rings is 1. The molecule has 3 aromatic rings. The predicted octanol–water partition coefficient (Wildman–Crippen LogP) is 3.95. The SMILES string of the molecule is C=CC(=O)N1CCC(N2CC(c3cc(C)c4c(c3)Nc3nccc(-c5cnn(C)c5)c3CO4)C2)[C@H](F)C1. The second-order valence-electron chi connectivity index (χ2n) is 10.2. The van der Waals surface area contributed by atoms with Gasteiger partial charge in [0.05, 0.1) is 18.4 Å². The van der Waals surface area contributed by atoms with E-state index < -0.39 is 6.17 Å². The third-order valence-corrected chi connectivity index (χ3v) is 7.83. The lowest BCUT2D eigenvalue weighted by Crippen LogP contribution is -2.59. The first-order chi connectivity index (χ1) is 17.9. The third kappa shape index (κ3) is 4.27. The first-order valence-corrected chi connectivity index (χ1v) is 12.7. The van der Waals surface area contributed by atoms with E-state index in [1.54, 1.807) is 15.8 Å². The van der Waals surface area contributed by atoms with Crippen LogP contribution in [0.3, 0.4) is 0 Å². The number of nitrogens with zero attached hydrogens (tertiary/aromatic N) is 5. The molecule has 0 spiro atoms. The number of hydrogen-bond acceptors (Lipinski definition) is 6. The summed E-state index contributed by atoms with van der Waals surface area (Å²) in [6.45, 7) is 8.32. The maximum absolute atomic E-state index is 14.9. The van der Waals surface area contributed by atoms with Crippen molar-refractivity contribution < 1.29 is 13.9 Å². The maximum Gasteiger partial charge on any atom is 0.246 e. The van der Waals surface area contributed by atoms with Gasteiger partial charge in [-0.1, -0.05) is 12.6 Å². The van der Waals surface area contributed by atoms with Crippen molar-refractivity contribution in [2.45, 2.75) is 38.1 Å². The second-order valence-corrected chi connectivity index (χ2v) is 10.2. The van der Waals surface area contributed by atoms with Gasteiger partial charge in [0.25, 0.3) is 0 Å². The van der Waals surface area contributed by atoms with Crippen LogP contribution in [0.1, 0.15) is 29.0 Å². The van der Waals surface area contributed by atoms with E-state index in [1.807, 2.05) is 25.5 Å². The number of hydrogen-bond donors (Lipinski definition) is 1. The predicted molar refractivity (Wildman–Crippen MR) is 140 cm³/mol. The molecule has 0 aliphatic carbocycles. The summed E-state index contributed by atoms with van der Waals surface area (Å²) in [6, 6.07) is 6.19. The Morgan fingerprint density at radius 3 is 2.86 bits per heavy atom. The van der Waals surface area contributed by atoms with E-state index in [0.717, 1.165) is 52.6 Å². The number of ether oxygens (including phenoxy) is 1. The van der Waals surface area contributed by atoms with E-state index in [1.165, 1.54) is 11.6 Å². The zero-order valence-electron chi connectivity index (χ0n) is 21.2. The van der Waals surface area contributed by atoms with Crippen LogP contribution in [0, 0.1) is 6.92 Å². The van der Waals surface area contributed by atoms with Crippen LogP contribution in [-0.2, 0) is 18.4 Å². The molecule has 192 valence electrons. The molecule has 1 N–H and O–H groups in total. The molecular formula is C28H31FN6O2. The quantitative estimate of drug-likeness (QED) is 0.545. The lowest BCUT2D eigenvalue weighted by atomic mass is 9.86. The van der Waals surface area contributed by atoms with E-state index in [4.69, 9.17) is 4.74 Å². The first kappa shape index (κ1) is 23.7. The number of rotatable bonds is 4. The Hall–Kier alpha value is -3.72. The van der Waals surface area contributed by atoms with Gasteiger partial charge in [0.2, 0.25) is 5.91 Å². The van der Waals surface area contributed by atoms with E-state index >= 15 is 0 Å². The fraction of sp³-hybridized carbons (Fsp3) is 0.393. The molecule has 3 aliphatic rings. The zero-order valence-corrected chi connectivity index (χ0v) is 21.2. The van der Waals surface area contributed by atoms with Crippen LogP contribution >= 0.6 is 0 Å². The highest BCUT2D eigenvalue weighted by Crippen LogP contribution is 2.42. The zero-order chi connectivity index (χ0) is 25.7. The Morgan fingerprint density at radius 1 is 1.30 bits per heavy atom. The molecule has 6 rings (SSSR count). The van der Waals surface area contributed by atoms with Crippen molar-refractivity contribution in [1.82, 2.24) is 24.6 Å². The van der Waals surface area contributed by atoms with Gasteiger partial charge in [-0.25, -0.2) is 9.37 Å². The fourth-order valence-corrected chi connectivity index (χ4v) is 5.80. The van der Waals surface area contributed by atoms with Gasteiger partial charge in [-0.15, -0.1) is 0 Å². The molecule has 37 heavy (non-hydrogen) atoms. The number of nitrogens with one attached hydrogen (secondary N) is 1. The van der Waals surface area contributed by atoms with Crippen molar-refractivity contribution >= 4 is 17.4 Å². The highest BCUT2D eigenvalue weighted by atomic mass is 19.1. The number of aromatic nitrogens is 3. The monoisotopic (exact) mass is 502 g/mol. The van der Waals surface area contributed by atoms with Crippen LogP contribution < -0.4 is 10.1 Å². The topological polar surface area (TPSA) is 75.5 Å². The smallest absolute Gasteiger partial charge is 0.246 e. The largest absolute Gasteiger partial charge is 0.486 e. The third-order valence-electron chi connectivity index (χ3n) is 7.83. The van der Waals surface area contributed by atoms with Crippen molar-refractivity contribution in [2.75, 3.05) is 31.5 Å². The van der Waals surface area contributed by atoms with Crippen LogP contribution in [0.4, 0.5) is 15.9 Å². The molecule has 2 atom stereocenters. The highest BCUT2D eigenvalue weighted by molar-refractivity contribution is 5.87. The molecule has 2 aromatic heterocycles. The molecule has 0 bridgehead atoms. The lowest BCUT2D eigenvalue weighted by Gasteiger charge is -2.48. The summed E-state index contributed by atoms with van der Waals surface area (Å²) < 4.78 is 23.0. The van der Waals surface area contributed by atoms with Crippen LogP contribution in [0.15, 0.2) is 49.4 Å². The number of halogens is 1. The number of piperidine rings is 1. The van der Waals surface area contributed by atoms with Gasteiger partial charge in [0, 0.05) is 62.2 Å². The van der Waals surface area contributed by atoms with Crippen molar-refractivity contribution in [1.29, 1.82) is 0 Å². The van der Waals surface area contributed by atoms with Crippen molar-refractivity contribution in [3.8, 4) is 16.9 Å². The number of carbonyl (C=O) groups is 1. The summed E-state index contributed by atoms with van der Waals surface area (Å²) in [5.74, 6) is 1.75. The fourth-order valence-electron chi connectivity index (χ4n) is 5.80. The normalized spacial score (nSPS) is 21.6. The number of likely N-dealkylation sites (tertiary alicyclic amines) is 2. The standard InChI is InChI=1S/C28H31FN6O2/c1-4-26(36)34-8-6-25(23(29)15-34)35-13-20(14-35)18-9-17(2)27-24(10-18)32-28-22(16-37-27)21(5-7-30-28)19-11-31-33(3)12-19/h4-5,7,9-12,20,23,25H,1,6,8,13-16H2,2-3H3,(H,30,32)/t23-,25?/m1/s1. The van der Waals surface area contributed by atoms with E-state index in [9.17, 15) is 9.18 Å². The summed E-state index contributed by atoms with van der Waals surface area (Å²) in [4.78, 5) is 20.2. The van der Waals surface area contributed by atoms with Crippen molar-refractivity contribution in [3.05, 3.63) is 66.1 Å². The minimum Gasteiger partial charge on any atom is -0.486 e. The summed E-state index contributed by atoms with van der Waals surface area (Å²) in [6.07, 6.45) is 6.51. The lowest BCUT2D eigenvalue weighted by molar-refractivity contribution is -0.130. The Labute approximate surface area is 215 Å². The summed E-state index contributed by atoms with van der Waals surface area (Å²) in [5, 5.41) is 7.84. The van der Waals surface area contributed by atoms with E-state index in [2.05, 4.69) is 45.9 Å². The molecule has 1 unspecified atom stereocenters. The van der Waals surface area contributed by atoms with Crippen LogP contribution in [0.25, 0.3) is 11.1 Å². The van der Waals surface area contributed by atoms with Gasteiger partial charge in [0.1, 0.15) is 24.3 Å². The summed E-state index contributed by atoms with van der Waals surface area (Å²) in [5.41, 5.74) is 6.25. The number of pyridine rings is 1. The maximum atomic E-state index is 14.9. The Bertz CT molecular complexity index is 1360. The first-order valence-electron chi connectivity index (χ1n) is 12.7. The van der Waals surface area contributed by atoms with Crippen molar-refractivity contribution in [3.63, 3.8) is 0 Å². The molecular weight excluding hydrogens is 471 g/mol. The molecule has 0 radical (unpaired) electrons. The van der Waals surface area contributed by atoms with Gasteiger partial charge in [-0.2, -0.15) is 5.10 Å². The van der Waals surface area contributed by atoms with Gasteiger partial charge in [-0.3, -0.25) is 14.4 Å². The van der Waals surface area contributed by atoms with Gasteiger partial charge >= 0.3 is 0 Å². The van der Waals surface area contributed by atoms with Gasteiger partial charge < -0.3 is 15.0 Å². The number of alkyl halides is 1. The summed E-state index contributed by atoms with van der Waals surface area (Å²) >= 11 is 0. The average molecular weight is 503 g/mol. The minimum absolute atomic E-state index is 0.142. The second kappa shape index (κ2) is 9.30. The molecule has 1 amide bonds. The van der Waals surface area contributed by atoms with Crippen LogP contribution in [-0.4, -0.2) is 68.9 Å². The summed E-state index contributed by atoms with van der Waals surface area (Å²) in [7, 11) is 1.90. The van der Waals surface area contributed by atoms with Gasteiger partial charge in [-0.05, 0) is 48.2 Å². The molecule has 2 saturated heterocycles. The highest BCUT2D eigenvalue weighted by Gasteiger charge is 2.41. The van der Waals surface area contributed by atoms with E-state index in [0.29, 0.717) is 25.5 Å². The van der Waals surface area contributed by atoms with E-state index in [-0.39, 0.29) is 18.5 Å². The molecule has 3 aliphatic heterocycles. The molecule has 8 nitrogen and oxygen atoms in total. The average Bonchev–Trinajstić information content (AvgIpc) is 3.19. The Morgan fingerprint density at radius 2 is 2.14 bits per heavy atom. The number of anilines is 2. The number of carbonyl (C=O) groups excluding carboxylic acids is 1.